The van der Waals surface area contributed by atoms with Gasteiger partial charge in [0.15, 0.2) is 0 Å². The number of amides is 1. The molecule has 0 fully saturated rings. The number of ether oxygens (including phenoxy) is 1. The molecule has 3 aromatic rings. The minimum atomic E-state index is -0.262. The maximum absolute atomic E-state index is 12.8. The Bertz CT molecular complexity index is 932. The highest BCUT2D eigenvalue weighted by molar-refractivity contribution is 7.98. The number of methoxy groups -OCH3 is 1. The summed E-state index contributed by atoms with van der Waals surface area (Å²) in [5.41, 5.74) is 3.40. The topological polar surface area (TPSA) is 74.0 Å². The molecule has 1 aromatic carbocycles. The van der Waals surface area contributed by atoms with Crippen LogP contribution in [0.4, 0.5) is 5.82 Å². The Morgan fingerprint density at radius 2 is 2.04 bits per heavy atom. The van der Waals surface area contributed by atoms with E-state index in [2.05, 4.69) is 15.5 Å². The van der Waals surface area contributed by atoms with Crippen molar-refractivity contribution in [2.24, 2.45) is 7.05 Å². The summed E-state index contributed by atoms with van der Waals surface area (Å²) in [6.07, 6.45) is 1.65. The second kappa shape index (κ2) is 6.29. The van der Waals surface area contributed by atoms with Gasteiger partial charge in [-0.25, -0.2) is 4.68 Å². The van der Waals surface area contributed by atoms with Gasteiger partial charge in [-0.15, -0.1) is 5.10 Å². The van der Waals surface area contributed by atoms with Crippen LogP contribution in [-0.4, -0.2) is 32.6 Å². The van der Waals surface area contributed by atoms with Crippen LogP contribution in [0.2, 0.25) is 0 Å². The Kier molecular flexibility index (Phi) is 3.96. The summed E-state index contributed by atoms with van der Waals surface area (Å²) in [5, 5.41) is 11.8. The van der Waals surface area contributed by atoms with Gasteiger partial charge in [-0.1, -0.05) is 18.2 Å². The molecule has 0 bridgehead atoms. The first kappa shape index (κ1) is 15.8. The van der Waals surface area contributed by atoms with Crippen LogP contribution in [0.5, 0.6) is 5.88 Å². The Morgan fingerprint density at radius 3 is 2.80 bits per heavy atom. The first-order chi connectivity index (χ1) is 12.2. The molecule has 4 rings (SSSR count). The van der Waals surface area contributed by atoms with Gasteiger partial charge in [0.25, 0.3) is 5.91 Å². The van der Waals surface area contributed by atoms with E-state index >= 15 is 0 Å². The van der Waals surface area contributed by atoms with E-state index in [0.29, 0.717) is 17.3 Å². The van der Waals surface area contributed by atoms with Gasteiger partial charge in [-0.2, -0.15) is 16.9 Å². The van der Waals surface area contributed by atoms with Crippen molar-refractivity contribution < 1.29 is 9.53 Å². The zero-order chi connectivity index (χ0) is 17.4. The molecule has 2 aromatic heterocycles. The highest BCUT2D eigenvalue weighted by Crippen LogP contribution is 2.36. The highest BCUT2D eigenvalue weighted by Gasteiger charge is 2.26. The smallest absolute Gasteiger partial charge is 0.263 e. The molecule has 0 aliphatic carbocycles. The molecule has 0 saturated carbocycles. The lowest BCUT2D eigenvalue weighted by Crippen LogP contribution is -2.16. The number of benzene rings is 1. The van der Waals surface area contributed by atoms with Gasteiger partial charge < -0.3 is 10.1 Å². The lowest BCUT2D eigenvalue weighted by Gasteiger charge is -2.10. The third kappa shape index (κ3) is 2.78. The number of carbonyl (C=O) groups excluding carboxylic acids is 1. The molecular formula is C17H17N5O2S. The average Bonchev–Trinajstić information content (AvgIpc) is 3.31. The van der Waals surface area contributed by atoms with E-state index in [1.165, 1.54) is 7.11 Å². The number of aromatic nitrogens is 4. The molecule has 1 amide bonds. The van der Waals surface area contributed by atoms with Crippen molar-refractivity contribution >= 4 is 23.5 Å². The zero-order valence-electron chi connectivity index (χ0n) is 13.9. The van der Waals surface area contributed by atoms with E-state index in [-0.39, 0.29) is 5.91 Å². The van der Waals surface area contributed by atoms with Crippen LogP contribution in [0, 0.1) is 0 Å². The summed E-state index contributed by atoms with van der Waals surface area (Å²) in [7, 11) is 3.25. The summed E-state index contributed by atoms with van der Waals surface area (Å²) in [6.45, 7) is 0. The second-order valence-electron chi connectivity index (χ2n) is 5.69. The Hall–Kier alpha value is -2.74. The minimum Gasteiger partial charge on any atom is -0.479 e. The maximum Gasteiger partial charge on any atom is 0.263 e. The van der Waals surface area contributed by atoms with Gasteiger partial charge in [0, 0.05) is 30.3 Å². The largest absolute Gasteiger partial charge is 0.479 e. The normalized spacial score (nSPS) is 12.9. The zero-order valence-corrected chi connectivity index (χ0v) is 14.7. The molecule has 25 heavy (non-hydrogen) atoms. The number of nitrogens with zero attached hydrogens (tertiary/aromatic N) is 4. The van der Waals surface area contributed by atoms with Crippen LogP contribution in [0.15, 0.2) is 36.5 Å². The summed E-state index contributed by atoms with van der Waals surface area (Å²) in [4.78, 5) is 12.8. The predicted octanol–water partition coefficient (Wildman–Crippen LogP) is 2.61. The van der Waals surface area contributed by atoms with Crippen LogP contribution in [0.3, 0.4) is 0 Å². The fraction of sp³-hybridized carbons (Fsp3) is 0.235. The van der Waals surface area contributed by atoms with Crippen molar-refractivity contribution in [2.75, 3.05) is 12.4 Å². The van der Waals surface area contributed by atoms with Crippen LogP contribution >= 0.6 is 11.8 Å². The van der Waals surface area contributed by atoms with Gasteiger partial charge in [-0.3, -0.25) is 9.48 Å². The van der Waals surface area contributed by atoms with Crippen molar-refractivity contribution in [3.63, 3.8) is 0 Å². The Labute approximate surface area is 149 Å². The second-order valence-corrected chi connectivity index (χ2v) is 6.68. The molecule has 1 aliphatic heterocycles. The van der Waals surface area contributed by atoms with Crippen molar-refractivity contribution in [1.82, 2.24) is 19.6 Å². The van der Waals surface area contributed by atoms with Crippen molar-refractivity contribution in [3.05, 3.63) is 53.3 Å². The number of para-hydroxylation sites is 1. The predicted molar refractivity (Wildman–Crippen MR) is 96.3 cm³/mol. The fourth-order valence-electron chi connectivity index (χ4n) is 2.85. The number of rotatable bonds is 4. The van der Waals surface area contributed by atoms with Crippen LogP contribution in [-0.2, 0) is 18.6 Å². The Morgan fingerprint density at radius 1 is 1.24 bits per heavy atom. The maximum atomic E-state index is 12.8. The average molecular weight is 355 g/mol. The standard InChI is InChI=1S/C17H17N5O2S/c1-21-8-12(17(20-21)24-2)16(23)18-15-13-9-25-10-14(13)19-22(15)11-6-4-3-5-7-11/h3-8H,9-10H2,1-2H3,(H,18,23). The van der Waals surface area contributed by atoms with E-state index in [9.17, 15) is 4.79 Å². The monoisotopic (exact) mass is 355 g/mol. The lowest BCUT2D eigenvalue weighted by molar-refractivity contribution is 0.102. The third-order valence-corrected chi connectivity index (χ3v) is 4.99. The molecule has 128 valence electrons. The van der Waals surface area contributed by atoms with Gasteiger partial charge in [0.2, 0.25) is 5.88 Å². The molecule has 7 nitrogen and oxygen atoms in total. The van der Waals surface area contributed by atoms with Crippen LogP contribution < -0.4 is 10.1 Å². The Balaban J connectivity index is 1.74. The number of hydrogen-bond acceptors (Lipinski definition) is 5. The molecule has 0 spiro atoms. The minimum absolute atomic E-state index is 0.262. The first-order valence-corrected chi connectivity index (χ1v) is 8.95. The highest BCUT2D eigenvalue weighted by atomic mass is 32.2. The molecule has 0 unspecified atom stereocenters. The van der Waals surface area contributed by atoms with Gasteiger partial charge >= 0.3 is 0 Å². The van der Waals surface area contributed by atoms with Crippen molar-refractivity contribution in [3.8, 4) is 11.6 Å². The number of thioether (sulfide) groups is 1. The summed E-state index contributed by atoms with van der Waals surface area (Å²) >= 11 is 1.79. The molecule has 3 heterocycles. The molecule has 0 atom stereocenters. The van der Waals surface area contributed by atoms with Gasteiger partial charge in [0.05, 0.1) is 18.5 Å². The third-order valence-electron chi connectivity index (χ3n) is 4.02. The van der Waals surface area contributed by atoms with E-state index in [4.69, 9.17) is 4.74 Å². The van der Waals surface area contributed by atoms with Crippen molar-refractivity contribution in [1.29, 1.82) is 0 Å². The molecule has 0 radical (unpaired) electrons. The lowest BCUT2D eigenvalue weighted by atomic mass is 10.2. The molecule has 1 N–H and O–H groups in total. The van der Waals surface area contributed by atoms with Crippen LogP contribution in [0.25, 0.3) is 5.69 Å². The molecular weight excluding hydrogens is 338 g/mol. The number of anilines is 1. The van der Waals surface area contributed by atoms with E-state index in [1.807, 2.05) is 30.3 Å². The molecule has 0 saturated heterocycles. The number of carbonyl (C=O) groups is 1. The number of aryl methyl sites for hydroxylation is 1. The van der Waals surface area contributed by atoms with Crippen LogP contribution in [0.1, 0.15) is 21.6 Å². The van der Waals surface area contributed by atoms with Gasteiger partial charge in [-0.05, 0) is 12.1 Å². The SMILES string of the molecule is COc1nn(C)cc1C(=O)Nc1c2c(nn1-c1ccccc1)CSC2. The van der Waals surface area contributed by atoms with E-state index in [1.54, 1.807) is 34.4 Å². The quantitative estimate of drug-likeness (QED) is 0.779. The number of nitrogens with one attached hydrogen (secondary N) is 1. The number of fused-ring (bicyclic) bond motifs is 1. The molecule has 1 aliphatic rings. The van der Waals surface area contributed by atoms with Gasteiger partial charge in [0.1, 0.15) is 11.4 Å². The molecule has 8 heteroatoms. The summed E-state index contributed by atoms with van der Waals surface area (Å²) in [5.74, 6) is 2.44. The van der Waals surface area contributed by atoms with E-state index in [0.717, 1.165) is 28.5 Å². The first-order valence-electron chi connectivity index (χ1n) is 7.80. The number of hydrogen-bond donors (Lipinski definition) is 1. The van der Waals surface area contributed by atoms with Crippen molar-refractivity contribution in [2.45, 2.75) is 11.5 Å². The summed E-state index contributed by atoms with van der Waals surface area (Å²) < 4.78 is 8.55. The fourth-order valence-corrected chi connectivity index (χ4v) is 3.88. The summed E-state index contributed by atoms with van der Waals surface area (Å²) in [6, 6.07) is 9.79. The van der Waals surface area contributed by atoms with E-state index < -0.39 is 0 Å².